The van der Waals surface area contributed by atoms with Gasteiger partial charge in [0.1, 0.15) is 0 Å². The summed E-state index contributed by atoms with van der Waals surface area (Å²) in [5.74, 6) is 0. The maximum atomic E-state index is 3.72. The monoisotopic (exact) mass is 152 g/mol. The molecule has 0 fully saturated rings. The van der Waals surface area contributed by atoms with Gasteiger partial charge in [-0.25, -0.2) is 0 Å². The van der Waals surface area contributed by atoms with Gasteiger partial charge in [0.15, 0.2) is 0 Å². The van der Waals surface area contributed by atoms with Crippen LogP contribution in [0.5, 0.6) is 0 Å². The lowest BCUT2D eigenvalue weighted by Gasteiger charge is -2.26. The first kappa shape index (κ1) is 8.18. The van der Waals surface area contributed by atoms with E-state index in [9.17, 15) is 0 Å². The number of hydrogen-bond donors (Lipinski definition) is 0. The standard InChI is InChI=1S/C9H16N2/c1-5-6-11-7-8(2)10(4)9(11)3/h5,7,9H,1,6H2,2-4H3. The Morgan fingerprint density at radius 2 is 2.36 bits per heavy atom. The van der Waals surface area contributed by atoms with Crippen molar-refractivity contribution in [3.05, 3.63) is 24.6 Å². The minimum atomic E-state index is 0.480. The van der Waals surface area contributed by atoms with Crippen LogP contribution in [-0.2, 0) is 0 Å². The fourth-order valence-corrected chi connectivity index (χ4v) is 1.31. The number of hydrogen-bond acceptors (Lipinski definition) is 2. The van der Waals surface area contributed by atoms with Crippen molar-refractivity contribution in [1.29, 1.82) is 0 Å². The lowest BCUT2D eigenvalue weighted by molar-refractivity contribution is 0.202. The van der Waals surface area contributed by atoms with Gasteiger partial charge in [0.05, 0.1) is 6.17 Å². The third-order valence-corrected chi connectivity index (χ3v) is 2.29. The number of allylic oxidation sites excluding steroid dienone is 1. The summed E-state index contributed by atoms with van der Waals surface area (Å²) in [5, 5.41) is 0. The molecule has 1 heterocycles. The molecule has 2 heteroatoms. The Kier molecular flexibility index (Phi) is 2.22. The average molecular weight is 152 g/mol. The van der Waals surface area contributed by atoms with Crippen LogP contribution in [0.15, 0.2) is 24.6 Å². The summed E-state index contributed by atoms with van der Waals surface area (Å²) in [7, 11) is 2.11. The van der Waals surface area contributed by atoms with Gasteiger partial charge < -0.3 is 9.80 Å². The highest BCUT2D eigenvalue weighted by Crippen LogP contribution is 2.18. The zero-order valence-electron chi connectivity index (χ0n) is 7.54. The zero-order chi connectivity index (χ0) is 8.43. The molecule has 1 aliphatic rings. The third-order valence-electron chi connectivity index (χ3n) is 2.29. The second-order valence-electron chi connectivity index (χ2n) is 3.00. The lowest BCUT2D eigenvalue weighted by Crippen LogP contribution is -2.34. The topological polar surface area (TPSA) is 6.48 Å². The third kappa shape index (κ3) is 1.39. The summed E-state index contributed by atoms with van der Waals surface area (Å²) in [6.45, 7) is 8.97. The molecule has 0 saturated heterocycles. The highest BCUT2D eigenvalue weighted by atomic mass is 15.4. The fourth-order valence-electron chi connectivity index (χ4n) is 1.31. The molecule has 2 nitrogen and oxygen atoms in total. The molecule has 1 unspecified atom stereocenters. The summed E-state index contributed by atoms with van der Waals surface area (Å²) in [4.78, 5) is 4.52. The van der Waals surface area contributed by atoms with Crippen LogP contribution in [0.3, 0.4) is 0 Å². The van der Waals surface area contributed by atoms with Crippen LogP contribution >= 0.6 is 0 Å². The van der Waals surface area contributed by atoms with Crippen molar-refractivity contribution in [3.63, 3.8) is 0 Å². The fraction of sp³-hybridized carbons (Fsp3) is 0.556. The van der Waals surface area contributed by atoms with Crippen molar-refractivity contribution in [1.82, 2.24) is 9.80 Å². The predicted molar refractivity (Wildman–Crippen MR) is 47.9 cm³/mol. The van der Waals surface area contributed by atoms with Crippen LogP contribution in [0.4, 0.5) is 0 Å². The molecule has 0 amide bonds. The van der Waals surface area contributed by atoms with Gasteiger partial charge in [0, 0.05) is 25.5 Å². The molecule has 0 aromatic rings. The SMILES string of the molecule is C=CCN1C=C(C)N(C)C1C. The Labute approximate surface area is 68.8 Å². The Hall–Kier alpha value is -0.920. The van der Waals surface area contributed by atoms with E-state index >= 15 is 0 Å². The molecule has 0 aromatic carbocycles. The maximum absolute atomic E-state index is 3.72. The van der Waals surface area contributed by atoms with Crippen LogP contribution in [-0.4, -0.2) is 29.6 Å². The van der Waals surface area contributed by atoms with Gasteiger partial charge in [-0.05, 0) is 13.8 Å². The molecular formula is C9H16N2. The van der Waals surface area contributed by atoms with Crippen molar-refractivity contribution in [2.24, 2.45) is 0 Å². The smallest absolute Gasteiger partial charge is 0.0980 e. The van der Waals surface area contributed by atoms with Crippen molar-refractivity contribution in [2.45, 2.75) is 20.0 Å². The van der Waals surface area contributed by atoms with E-state index in [4.69, 9.17) is 0 Å². The first-order valence-electron chi connectivity index (χ1n) is 3.94. The van der Waals surface area contributed by atoms with E-state index in [1.165, 1.54) is 5.70 Å². The van der Waals surface area contributed by atoms with Gasteiger partial charge in [-0.2, -0.15) is 0 Å². The van der Waals surface area contributed by atoms with Crippen molar-refractivity contribution < 1.29 is 0 Å². The van der Waals surface area contributed by atoms with E-state index in [0.29, 0.717) is 6.17 Å². The Bertz CT molecular complexity index is 184. The van der Waals surface area contributed by atoms with E-state index in [-0.39, 0.29) is 0 Å². The van der Waals surface area contributed by atoms with E-state index < -0.39 is 0 Å². The van der Waals surface area contributed by atoms with Gasteiger partial charge >= 0.3 is 0 Å². The second-order valence-corrected chi connectivity index (χ2v) is 3.00. The van der Waals surface area contributed by atoms with Crippen LogP contribution in [0.25, 0.3) is 0 Å². The molecule has 62 valence electrons. The molecule has 0 aliphatic carbocycles. The van der Waals surface area contributed by atoms with Gasteiger partial charge in [-0.1, -0.05) is 6.08 Å². The largest absolute Gasteiger partial charge is 0.357 e. The van der Waals surface area contributed by atoms with E-state index in [2.05, 4.69) is 43.5 Å². The minimum Gasteiger partial charge on any atom is -0.357 e. The van der Waals surface area contributed by atoms with Gasteiger partial charge in [0.2, 0.25) is 0 Å². The van der Waals surface area contributed by atoms with Crippen molar-refractivity contribution >= 4 is 0 Å². The van der Waals surface area contributed by atoms with Crippen LogP contribution in [0, 0.1) is 0 Å². The summed E-state index contributed by atoms with van der Waals surface area (Å²) in [6, 6.07) is 0. The first-order chi connectivity index (χ1) is 5.16. The zero-order valence-corrected chi connectivity index (χ0v) is 7.54. The number of nitrogens with zero attached hydrogens (tertiary/aromatic N) is 2. The van der Waals surface area contributed by atoms with Crippen LogP contribution in [0.1, 0.15) is 13.8 Å². The molecule has 0 radical (unpaired) electrons. The summed E-state index contributed by atoms with van der Waals surface area (Å²) in [6.07, 6.45) is 4.58. The maximum Gasteiger partial charge on any atom is 0.0980 e. The van der Waals surface area contributed by atoms with E-state index in [1.54, 1.807) is 0 Å². The molecule has 0 bridgehead atoms. The Morgan fingerprint density at radius 3 is 2.73 bits per heavy atom. The molecule has 1 aliphatic heterocycles. The van der Waals surface area contributed by atoms with Crippen LogP contribution < -0.4 is 0 Å². The highest BCUT2D eigenvalue weighted by Gasteiger charge is 2.21. The number of rotatable bonds is 2. The molecule has 1 rings (SSSR count). The molecule has 0 aromatic heterocycles. The highest BCUT2D eigenvalue weighted by molar-refractivity contribution is 5.06. The molecular weight excluding hydrogens is 136 g/mol. The second kappa shape index (κ2) is 2.99. The lowest BCUT2D eigenvalue weighted by atomic mass is 10.4. The molecule has 0 spiro atoms. The minimum absolute atomic E-state index is 0.480. The average Bonchev–Trinajstić information content (AvgIpc) is 2.19. The predicted octanol–water partition coefficient (Wildman–Crippen LogP) is 1.63. The summed E-state index contributed by atoms with van der Waals surface area (Å²) < 4.78 is 0. The normalized spacial score (nSPS) is 23.9. The molecule has 0 N–H and O–H groups in total. The van der Waals surface area contributed by atoms with Gasteiger partial charge in [0.25, 0.3) is 0 Å². The Balaban J connectivity index is 2.64. The molecule has 1 atom stereocenters. The van der Waals surface area contributed by atoms with E-state index in [0.717, 1.165) is 6.54 Å². The van der Waals surface area contributed by atoms with E-state index in [1.807, 2.05) is 6.08 Å². The summed E-state index contributed by atoms with van der Waals surface area (Å²) >= 11 is 0. The van der Waals surface area contributed by atoms with Crippen molar-refractivity contribution in [3.8, 4) is 0 Å². The molecule has 11 heavy (non-hydrogen) atoms. The first-order valence-corrected chi connectivity index (χ1v) is 3.94. The van der Waals surface area contributed by atoms with Crippen molar-refractivity contribution in [2.75, 3.05) is 13.6 Å². The molecule has 0 saturated carbocycles. The quantitative estimate of drug-likeness (QED) is 0.555. The van der Waals surface area contributed by atoms with Gasteiger partial charge in [-0.3, -0.25) is 0 Å². The summed E-state index contributed by atoms with van der Waals surface area (Å²) in [5.41, 5.74) is 1.32. The van der Waals surface area contributed by atoms with Crippen LogP contribution in [0.2, 0.25) is 0 Å². The Morgan fingerprint density at radius 1 is 1.73 bits per heavy atom. The van der Waals surface area contributed by atoms with Gasteiger partial charge in [-0.15, -0.1) is 6.58 Å².